The highest BCUT2D eigenvalue weighted by atomic mass is 16.4. The first kappa shape index (κ1) is 13.8. The maximum Gasteiger partial charge on any atom is 0.322 e. The fourth-order valence-electron chi connectivity index (χ4n) is 2.48. The second-order valence-electron chi connectivity index (χ2n) is 5.30. The lowest BCUT2D eigenvalue weighted by Gasteiger charge is -2.07. The summed E-state index contributed by atoms with van der Waals surface area (Å²) in [5, 5.41) is 13.8. The summed E-state index contributed by atoms with van der Waals surface area (Å²) in [7, 11) is 0. The smallest absolute Gasteiger partial charge is 0.322 e. The molecule has 1 saturated heterocycles. The van der Waals surface area contributed by atoms with E-state index < -0.39 is 0 Å². The van der Waals surface area contributed by atoms with E-state index in [9.17, 15) is 4.79 Å². The quantitative estimate of drug-likeness (QED) is 0.905. The van der Waals surface area contributed by atoms with E-state index in [-0.39, 0.29) is 18.0 Å². The number of amides is 1. The van der Waals surface area contributed by atoms with Gasteiger partial charge in [-0.1, -0.05) is 17.2 Å². The summed E-state index contributed by atoms with van der Waals surface area (Å²) in [6.45, 7) is 4.85. The third-order valence-corrected chi connectivity index (χ3v) is 3.87. The number of nitrogens with zero attached hydrogens (tertiary/aromatic N) is 2. The van der Waals surface area contributed by atoms with Crippen LogP contribution in [0, 0.1) is 13.8 Å². The minimum atomic E-state index is -0.231. The van der Waals surface area contributed by atoms with E-state index in [0.717, 1.165) is 30.5 Å². The summed E-state index contributed by atoms with van der Waals surface area (Å²) in [5.41, 5.74) is 2.64. The molecule has 2 N–H and O–H groups in total. The number of aromatic nitrogens is 2. The Hall–Kier alpha value is -2.21. The van der Waals surface area contributed by atoms with Gasteiger partial charge in [0.1, 0.15) is 0 Å². The first-order valence-corrected chi connectivity index (χ1v) is 7.09. The van der Waals surface area contributed by atoms with E-state index in [1.165, 1.54) is 0 Å². The standard InChI is InChI=1S/C15H18N4O2/c1-9-5-3-6-11(10(9)2)13(20)17-15-19-18-14(21-15)12-7-4-8-16-12/h3,5-6,12,16H,4,7-8H2,1-2H3,(H,17,19,20). The molecule has 0 aliphatic carbocycles. The van der Waals surface area contributed by atoms with E-state index in [4.69, 9.17) is 4.42 Å². The highest BCUT2D eigenvalue weighted by Gasteiger charge is 2.22. The first-order valence-electron chi connectivity index (χ1n) is 7.09. The molecule has 1 atom stereocenters. The lowest BCUT2D eigenvalue weighted by molar-refractivity contribution is 0.102. The van der Waals surface area contributed by atoms with Gasteiger partial charge in [0.2, 0.25) is 5.89 Å². The molecular weight excluding hydrogens is 268 g/mol. The summed E-state index contributed by atoms with van der Waals surface area (Å²) < 4.78 is 5.51. The molecule has 6 heteroatoms. The van der Waals surface area contributed by atoms with Crippen molar-refractivity contribution in [2.24, 2.45) is 0 Å². The maximum atomic E-state index is 12.3. The molecule has 6 nitrogen and oxygen atoms in total. The Kier molecular flexibility index (Phi) is 3.70. The molecule has 0 saturated carbocycles. The maximum absolute atomic E-state index is 12.3. The van der Waals surface area contributed by atoms with Gasteiger partial charge in [-0.05, 0) is 50.4 Å². The van der Waals surface area contributed by atoms with E-state index in [0.29, 0.717) is 11.5 Å². The summed E-state index contributed by atoms with van der Waals surface area (Å²) in [6.07, 6.45) is 2.07. The van der Waals surface area contributed by atoms with Crippen molar-refractivity contribution in [2.75, 3.05) is 11.9 Å². The molecule has 2 heterocycles. The number of rotatable bonds is 3. The molecule has 110 valence electrons. The van der Waals surface area contributed by atoms with Crippen molar-refractivity contribution in [3.8, 4) is 0 Å². The monoisotopic (exact) mass is 286 g/mol. The third kappa shape index (κ3) is 2.80. The molecular formula is C15H18N4O2. The number of nitrogens with one attached hydrogen (secondary N) is 2. The number of aryl methyl sites for hydroxylation is 1. The van der Waals surface area contributed by atoms with Crippen LogP contribution in [0.5, 0.6) is 0 Å². The summed E-state index contributed by atoms with van der Waals surface area (Å²) >= 11 is 0. The number of anilines is 1. The number of carbonyl (C=O) groups is 1. The molecule has 21 heavy (non-hydrogen) atoms. The molecule has 1 fully saturated rings. The highest BCUT2D eigenvalue weighted by molar-refractivity contribution is 6.04. The van der Waals surface area contributed by atoms with Crippen LogP contribution in [0.15, 0.2) is 22.6 Å². The second kappa shape index (κ2) is 5.65. The van der Waals surface area contributed by atoms with Crippen LogP contribution in [0.4, 0.5) is 6.01 Å². The van der Waals surface area contributed by atoms with Crippen LogP contribution in [0.2, 0.25) is 0 Å². The van der Waals surface area contributed by atoms with Gasteiger partial charge in [-0.3, -0.25) is 10.1 Å². The van der Waals surface area contributed by atoms with Gasteiger partial charge >= 0.3 is 6.01 Å². The number of benzene rings is 1. The lowest BCUT2D eigenvalue weighted by Crippen LogP contribution is -2.14. The Labute approximate surface area is 123 Å². The fourth-order valence-corrected chi connectivity index (χ4v) is 2.48. The normalized spacial score (nSPS) is 17.9. The minimum absolute atomic E-state index is 0.101. The average molecular weight is 286 g/mol. The zero-order valence-electron chi connectivity index (χ0n) is 12.1. The predicted octanol–water partition coefficient (Wildman–Crippen LogP) is 2.36. The fraction of sp³-hybridized carbons (Fsp3) is 0.400. The van der Waals surface area contributed by atoms with Crippen LogP contribution in [0.1, 0.15) is 46.3 Å². The van der Waals surface area contributed by atoms with Crippen molar-refractivity contribution >= 4 is 11.9 Å². The van der Waals surface area contributed by atoms with Crippen molar-refractivity contribution in [2.45, 2.75) is 32.7 Å². The van der Waals surface area contributed by atoms with Gasteiger partial charge in [0.05, 0.1) is 6.04 Å². The van der Waals surface area contributed by atoms with Gasteiger partial charge in [-0.15, -0.1) is 5.10 Å². The van der Waals surface area contributed by atoms with Gasteiger partial charge < -0.3 is 9.73 Å². The SMILES string of the molecule is Cc1cccc(C(=O)Nc2nnc(C3CCCN3)o2)c1C. The van der Waals surface area contributed by atoms with Crippen LogP contribution >= 0.6 is 0 Å². The molecule has 0 spiro atoms. The molecule has 3 rings (SSSR count). The Morgan fingerprint density at radius 1 is 1.38 bits per heavy atom. The van der Waals surface area contributed by atoms with Crippen molar-refractivity contribution in [1.82, 2.24) is 15.5 Å². The number of carbonyl (C=O) groups excluding carboxylic acids is 1. The van der Waals surface area contributed by atoms with Gasteiger partial charge in [-0.25, -0.2) is 0 Å². The molecule has 0 radical (unpaired) electrons. The van der Waals surface area contributed by atoms with Crippen LogP contribution < -0.4 is 10.6 Å². The third-order valence-electron chi connectivity index (χ3n) is 3.87. The molecule has 1 aromatic carbocycles. The molecule has 1 aromatic heterocycles. The highest BCUT2D eigenvalue weighted by Crippen LogP contribution is 2.23. The van der Waals surface area contributed by atoms with E-state index in [1.54, 1.807) is 6.07 Å². The van der Waals surface area contributed by atoms with E-state index in [1.807, 2.05) is 26.0 Å². The molecule has 1 aliphatic heterocycles. The minimum Gasteiger partial charge on any atom is -0.406 e. The second-order valence-corrected chi connectivity index (χ2v) is 5.30. The van der Waals surface area contributed by atoms with Crippen molar-refractivity contribution < 1.29 is 9.21 Å². The van der Waals surface area contributed by atoms with E-state index >= 15 is 0 Å². The average Bonchev–Trinajstić information content (AvgIpc) is 3.12. The van der Waals surface area contributed by atoms with E-state index in [2.05, 4.69) is 20.8 Å². The largest absolute Gasteiger partial charge is 0.406 e. The van der Waals surface area contributed by atoms with Gasteiger partial charge in [0.15, 0.2) is 0 Å². The van der Waals surface area contributed by atoms with Crippen LogP contribution in [-0.4, -0.2) is 22.6 Å². The number of hydrogen-bond acceptors (Lipinski definition) is 5. The van der Waals surface area contributed by atoms with Crippen molar-refractivity contribution in [1.29, 1.82) is 0 Å². The van der Waals surface area contributed by atoms with Crippen LogP contribution in [0.3, 0.4) is 0 Å². The van der Waals surface area contributed by atoms with Crippen molar-refractivity contribution in [3.63, 3.8) is 0 Å². The Bertz CT molecular complexity index is 659. The molecule has 1 aliphatic rings. The summed E-state index contributed by atoms with van der Waals surface area (Å²) in [6, 6.07) is 5.86. The zero-order valence-corrected chi connectivity index (χ0v) is 12.1. The predicted molar refractivity (Wildman–Crippen MR) is 78.1 cm³/mol. The van der Waals surface area contributed by atoms with Crippen LogP contribution in [0.25, 0.3) is 0 Å². The Morgan fingerprint density at radius 2 is 2.24 bits per heavy atom. The van der Waals surface area contributed by atoms with Gasteiger partial charge in [-0.2, -0.15) is 0 Å². The van der Waals surface area contributed by atoms with Gasteiger partial charge in [0, 0.05) is 5.56 Å². The first-order chi connectivity index (χ1) is 10.1. The molecule has 1 amide bonds. The lowest BCUT2D eigenvalue weighted by atomic mass is 10.0. The topological polar surface area (TPSA) is 80.0 Å². The summed E-state index contributed by atoms with van der Waals surface area (Å²) in [4.78, 5) is 12.3. The molecule has 0 bridgehead atoms. The zero-order chi connectivity index (χ0) is 14.8. The molecule has 1 unspecified atom stereocenters. The Morgan fingerprint density at radius 3 is 3.00 bits per heavy atom. The van der Waals surface area contributed by atoms with Crippen molar-refractivity contribution in [3.05, 3.63) is 40.8 Å². The van der Waals surface area contributed by atoms with Gasteiger partial charge in [0.25, 0.3) is 5.91 Å². The summed E-state index contributed by atoms with van der Waals surface area (Å²) in [5.74, 6) is 0.301. The van der Waals surface area contributed by atoms with Crippen LogP contribution in [-0.2, 0) is 0 Å². The Balaban J connectivity index is 1.74. The molecule has 2 aromatic rings. The number of hydrogen-bond donors (Lipinski definition) is 2.